The largest absolute Gasteiger partial charge is 0.508 e. The van der Waals surface area contributed by atoms with Crippen LogP contribution in [0.2, 0.25) is 0 Å². The number of anilines is 1. The number of benzene rings is 6. The SMILES string of the molecule is CC(=O)N[C@@H](CCCNC(=N)NC(=O)NCCCCc1cn(CCCNC(=O)CCCCCN2/C(=C/C=C/C=C/C3=[N+](C)c4ccc5c(S(=O)(=O)O)cc(S(=O)(=O)O)cc5c4C3(C)C)C(C)(C)c3c2ccc2c(S(=O)(=O)O)cc(S(=O)(=O)O)cc32)nn1)C(=O)N[C@@H](Cc1ccc(O)cc1)C(=O)N[C@@H](CCCNC(=N)N)C(=O)N[C@@H](CC(C)C)C(=O)N[C@@H](CCCNC(=N)N)C(=O)N[C@@H](Cc1ccc(O)cc1)C(N)=O. The molecule has 9 rings (SSSR count). The fourth-order valence-corrected chi connectivity index (χ4v) is 20.0. The maximum absolute atomic E-state index is 14.7. The quantitative estimate of drug-likeness (QED) is 0.00641. The van der Waals surface area contributed by atoms with Gasteiger partial charge < -0.3 is 90.8 Å². The van der Waals surface area contributed by atoms with Crippen LogP contribution in [0.1, 0.15) is 166 Å². The van der Waals surface area contributed by atoms with E-state index >= 15 is 0 Å². The first kappa shape index (κ1) is 114. The second-order valence-electron chi connectivity index (χ2n) is 36.6. The molecule has 27 N–H and O–H groups in total. The maximum Gasteiger partial charge on any atom is 0.321 e. The highest BCUT2D eigenvalue weighted by Crippen LogP contribution is 2.52. The van der Waals surface area contributed by atoms with E-state index in [1.165, 1.54) is 67.6 Å². The molecule has 6 atom stereocenters. The first-order valence-corrected chi connectivity index (χ1v) is 52.3. The zero-order valence-electron chi connectivity index (χ0n) is 80.9. The van der Waals surface area contributed by atoms with Crippen LogP contribution in [0.3, 0.4) is 0 Å². The number of fused-ring (bicyclic) bond motifs is 6. The molecule has 0 bridgehead atoms. The molecule has 6 aromatic carbocycles. The zero-order valence-corrected chi connectivity index (χ0v) is 84.2. The Kier molecular flexibility index (Phi) is 39.6. The van der Waals surface area contributed by atoms with Crippen molar-refractivity contribution in [2.45, 2.75) is 231 Å². The lowest BCUT2D eigenvalue weighted by atomic mass is 9.79. The van der Waals surface area contributed by atoms with Crippen molar-refractivity contribution in [2.24, 2.45) is 23.1 Å². The third-order valence-electron chi connectivity index (χ3n) is 24.2. The lowest BCUT2D eigenvalue weighted by Gasteiger charge is -2.28. The molecule has 0 saturated heterocycles. The van der Waals surface area contributed by atoms with Crippen LogP contribution in [-0.2, 0) is 115 Å². The van der Waals surface area contributed by atoms with Crippen molar-refractivity contribution in [2.75, 3.05) is 51.2 Å². The summed E-state index contributed by atoms with van der Waals surface area (Å²) >= 11 is 0. The Morgan fingerprint density at radius 2 is 0.972 bits per heavy atom. The zero-order chi connectivity index (χ0) is 106. The first-order valence-electron chi connectivity index (χ1n) is 46.5. The van der Waals surface area contributed by atoms with E-state index in [4.69, 9.17) is 33.4 Å². The smallest absolute Gasteiger partial charge is 0.321 e. The average Bonchev–Trinajstić information content (AvgIpc) is 1.54. The molecule has 10 amide bonds. The van der Waals surface area contributed by atoms with Gasteiger partial charge in [0.1, 0.15) is 64.6 Å². The van der Waals surface area contributed by atoms with Crippen molar-refractivity contribution in [3.63, 3.8) is 0 Å². The fraction of sp³-hybridized carbons (Fsp3) is 0.436. The summed E-state index contributed by atoms with van der Waals surface area (Å²) in [5.74, 6) is -7.51. The summed E-state index contributed by atoms with van der Waals surface area (Å²) in [4.78, 5) is 123. The molecule has 2 aliphatic rings. The second-order valence-corrected chi connectivity index (χ2v) is 42.2. The van der Waals surface area contributed by atoms with Crippen molar-refractivity contribution in [3.05, 3.63) is 167 Å². The number of carbonyl (C=O) groups excluding carboxylic acids is 9. The lowest BCUT2D eigenvalue weighted by molar-refractivity contribution is -0.401. The Labute approximate surface area is 834 Å². The van der Waals surface area contributed by atoms with Crippen molar-refractivity contribution in [1.29, 1.82) is 16.2 Å². The van der Waals surface area contributed by atoms with Gasteiger partial charge in [-0.05, 0) is 197 Å². The van der Waals surface area contributed by atoms with Crippen LogP contribution in [0, 0.1) is 22.1 Å². The summed E-state index contributed by atoms with van der Waals surface area (Å²) in [6.07, 6.45) is 14.4. The van der Waals surface area contributed by atoms with Gasteiger partial charge in [-0.15, -0.1) is 5.10 Å². The van der Waals surface area contributed by atoms with E-state index in [9.17, 15) is 105 Å². The van der Waals surface area contributed by atoms with Crippen LogP contribution in [0.4, 0.5) is 16.2 Å². The van der Waals surface area contributed by atoms with E-state index in [1.54, 1.807) is 68.2 Å². The molecule has 0 unspecified atom stereocenters. The molecule has 144 heavy (non-hydrogen) atoms. The van der Waals surface area contributed by atoms with E-state index in [2.05, 4.69) is 74.1 Å². The van der Waals surface area contributed by atoms with Gasteiger partial charge in [0.25, 0.3) is 40.5 Å². The fourth-order valence-electron chi connectivity index (χ4n) is 17.3. The van der Waals surface area contributed by atoms with Gasteiger partial charge in [-0.1, -0.05) is 87.9 Å². The molecule has 0 saturated carbocycles. The highest BCUT2D eigenvalue weighted by Gasteiger charge is 2.47. The molecule has 0 spiro atoms. The van der Waals surface area contributed by atoms with E-state index < -0.39 is 155 Å². The Bertz CT molecular complexity index is 6590. The molecule has 0 radical (unpaired) electrons. The van der Waals surface area contributed by atoms with Gasteiger partial charge >= 0.3 is 6.03 Å². The van der Waals surface area contributed by atoms with Crippen LogP contribution >= 0.6 is 0 Å². The van der Waals surface area contributed by atoms with Crippen LogP contribution in [-0.4, -0.2) is 241 Å². The summed E-state index contributed by atoms with van der Waals surface area (Å²) in [6.45, 7) is 13.6. The van der Waals surface area contributed by atoms with E-state index in [0.717, 1.165) is 12.1 Å². The Hall–Kier alpha value is -14.1. The van der Waals surface area contributed by atoms with Gasteiger partial charge in [-0.3, -0.25) is 82.8 Å². The summed E-state index contributed by atoms with van der Waals surface area (Å²) < 4.78 is 145. The number of hydrogen-bond acceptors (Lipinski definition) is 25. The summed E-state index contributed by atoms with van der Waals surface area (Å²) in [5.41, 5.74) is 20.0. The van der Waals surface area contributed by atoms with Crippen molar-refractivity contribution in [1.82, 2.24) is 78.8 Å². The number of aryl methyl sites for hydroxylation is 2. The molecule has 0 fully saturated rings. The lowest BCUT2D eigenvalue weighted by Crippen LogP contribution is -2.60. The number of carbonyl (C=O) groups is 9. The van der Waals surface area contributed by atoms with Gasteiger partial charge in [0.05, 0.1) is 20.9 Å². The summed E-state index contributed by atoms with van der Waals surface area (Å²) in [5, 5.41) is 84.4. The number of aromatic nitrogens is 3. The molecule has 7 aromatic rings. The molecule has 3 heterocycles. The number of allylic oxidation sites excluding steroid dienone is 6. The number of nitrogens with two attached hydrogens (primary N) is 3. The number of rotatable bonds is 52. The first-order chi connectivity index (χ1) is 67.6. The molecule has 46 nitrogen and oxygen atoms in total. The van der Waals surface area contributed by atoms with E-state index in [1.807, 2.05) is 43.2 Å². The number of guanidine groups is 3. The van der Waals surface area contributed by atoms with Gasteiger partial charge in [-0.25, -0.2) is 4.79 Å². The van der Waals surface area contributed by atoms with Gasteiger partial charge in [0, 0.05) is 123 Å². The second kappa shape index (κ2) is 50.3. The van der Waals surface area contributed by atoms with E-state index in [0.29, 0.717) is 127 Å². The Morgan fingerprint density at radius 3 is 1.49 bits per heavy atom. The maximum atomic E-state index is 14.7. The third kappa shape index (κ3) is 32.2. The van der Waals surface area contributed by atoms with Crippen LogP contribution in [0.25, 0.3) is 21.5 Å². The molecule has 0 aliphatic carbocycles. The Morgan fingerprint density at radius 1 is 0.493 bits per heavy atom. The number of aromatic hydroxyl groups is 2. The summed E-state index contributed by atoms with van der Waals surface area (Å²) in [6, 6.07) is 12.5. The summed E-state index contributed by atoms with van der Waals surface area (Å²) in [7, 11) is -18.2. The van der Waals surface area contributed by atoms with Gasteiger partial charge in [0.2, 0.25) is 52.9 Å². The average molecular weight is 2080 g/mol. The minimum absolute atomic E-state index is 0.00190. The number of unbranched alkanes of at least 4 members (excludes halogenated alkanes) is 3. The van der Waals surface area contributed by atoms with Crippen molar-refractivity contribution >= 4 is 150 Å². The number of phenolic OH excluding ortho intramolecular Hbond substituents is 2. The van der Waals surface area contributed by atoms with Crippen LogP contribution in [0.15, 0.2) is 159 Å². The number of nitrogens with one attached hydrogen (secondary N) is 15. The topological polar surface area (TPSA) is 742 Å². The number of urea groups is 1. The number of hydrogen-bond donors (Lipinski definition) is 24. The normalized spacial score (nSPS) is 15.0. The monoisotopic (exact) mass is 2070 g/mol. The number of nitrogens with zero attached hydrogens (tertiary/aromatic N) is 5. The highest BCUT2D eigenvalue weighted by atomic mass is 32.2. The standard InChI is InChI=1S/C94H127N23O23S4/c1-55(2)47-72(87(126)107-69(23-17-41-102-89(96)97)85(124)109-71(83(95)122)48-57-28-32-60(119)33-29-57)110-86(125)70(24-18-42-103-90(98)99)108-88(127)73(49-58-30-34-61(120)35-31-58)111-84(123)68(106-56(3)118)22-19-43-104-91(100)112-92(128)105-40-15-14-21-59-54-116(114-113-59)45-20-44-101-80(121)27-13-10-16-46-117-75-39-37-65-67(51-63(142(132,133)134)53-77(65)144(138,139)140)82(75)94(6,7)79(117)26-12-9-11-25-78-93(4,5)81-66-50-62(141(129,130)131)52-76(143(135,136)137)64(66)36-38-74(81)115(78)8/h9,11-12,25-26,28-39,50-55,68-73H,10,13-24,27,40-49H2,1-8H3,(H26-,95,96,97,98,99,100,101,102,103,104,105,106,107,108,109,110,111,112,118,119,120,121,122,123,124,125,126,127,128,129,130,131,132,133,134,135,136,137,138,139,140)/p+1/t68-,69-,70-,71-,72-,73-/m0/s1. The molecular formula is C94H128N23O23S4+. The van der Waals surface area contributed by atoms with Crippen LogP contribution < -0.4 is 85.9 Å². The number of amides is 10. The molecule has 50 heteroatoms. The minimum atomic E-state index is -5.05. The molecule has 2 aliphatic heterocycles. The molecule has 780 valence electrons. The number of primary amides is 1. The predicted octanol–water partition coefficient (Wildman–Crippen LogP) is 3.95. The van der Waals surface area contributed by atoms with Gasteiger partial charge in [-0.2, -0.15) is 38.2 Å². The van der Waals surface area contributed by atoms with Gasteiger partial charge in [0.15, 0.2) is 23.6 Å². The molecule has 1 aromatic heterocycles. The Balaban J connectivity index is 0.726. The van der Waals surface area contributed by atoms with Crippen LogP contribution in [0.5, 0.6) is 11.5 Å². The predicted molar refractivity (Wildman–Crippen MR) is 536 cm³/mol. The third-order valence-corrected chi connectivity index (χ3v) is 27.7. The van der Waals surface area contributed by atoms with Crippen molar-refractivity contribution < 1.29 is 110 Å². The molecular weight excluding hydrogens is 1950 g/mol. The minimum Gasteiger partial charge on any atom is -0.508 e. The highest BCUT2D eigenvalue weighted by molar-refractivity contribution is 7.87. The number of phenols is 2. The van der Waals surface area contributed by atoms with E-state index in [-0.39, 0.29) is 153 Å². The van der Waals surface area contributed by atoms with Crippen molar-refractivity contribution in [3.8, 4) is 11.5 Å².